The van der Waals surface area contributed by atoms with Gasteiger partial charge in [-0.05, 0) is 56.4 Å². The van der Waals surface area contributed by atoms with Gasteiger partial charge in [0.15, 0.2) is 12.3 Å². The SMILES string of the molecule is C=C=C(CCC(=O)OCC(=O)[C@@]1(O)[C@H](C)C[C@H]2[C@@H]3CCC4=CC(=C)C=C[C@]4(C)[C@@]3(F)[C@@H](O)C[C@@]21C)OCCC.CC.CCCCC. The van der Waals surface area contributed by atoms with Gasteiger partial charge in [0.25, 0.3) is 0 Å². The number of aliphatic hydroxyl groups is 2. The van der Waals surface area contributed by atoms with Crippen LogP contribution in [0.2, 0.25) is 0 Å². The lowest BCUT2D eigenvalue weighted by Crippen LogP contribution is -2.69. The summed E-state index contributed by atoms with van der Waals surface area (Å²) in [4.78, 5) is 26.0. The molecule has 0 aromatic carbocycles. The van der Waals surface area contributed by atoms with E-state index in [1.807, 2.05) is 45.9 Å². The first-order valence-corrected chi connectivity index (χ1v) is 17.6. The molecule has 0 saturated heterocycles. The number of rotatable bonds is 11. The maximum Gasteiger partial charge on any atom is 0.306 e. The average molecular weight is 645 g/mol. The van der Waals surface area contributed by atoms with E-state index in [-0.39, 0.29) is 25.2 Å². The number of esters is 1. The van der Waals surface area contributed by atoms with Gasteiger partial charge in [-0.25, -0.2) is 4.39 Å². The van der Waals surface area contributed by atoms with Crippen LogP contribution in [0.3, 0.4) is 0 Å². The molecule has 4 rings (SSSR count). The Bertz CT molecular complexity index is 1200. The smallest absolute Gasteiger partial charge is 0.306 e. The second-order valence-corrected chi connectivity index (χ2v) is 13.7. The van der Waals surface area contributed by atoms with E-state index < -0.39 is 58.4 Å². The highest BCUT2D eigenvalue weighted by atomic mass is 19.1. The number of unbranched alkanes of at least 4 members (excludes halogenated alkanes) is 2. The lowest BCUT2D eigenvalue weighted by molar-refractivity contribution is -0.219. The zero-order chi connectivity index (χ0) is 34.9. The van der Waals surface area contributed by atoms with Gasteiger partial charge in [0.1, 0.15) is 11.4 Å². The first-order chi connectivity index (χ1) is 21.7. The Balaban J connectivity index is 0.000000959. The second kappa shape index (κ2) is 16.6. The summed E-state index contributed by atoms with van der Waals surface area (Å²) in [6, 6.07) is 0. The number of fused-ring (bicyclic) bond motifs is 5. The number of halogens is 1. The molecular formula is C39H61FO6. The number of hydrogen-bond donors (Lipinski definition) is 2. The monoisotopic (exact) mass is 644 g/mol. The van der Waals surface area contributed by atoms with Crippen LogP contribution >= 0.6 is 0 Å². The van der Waals surface area contributed by atoms with E-state index in [1.165, 1.54) is 19.3 Å². The molecule has 0 aromatic heterocycles. The van der Waals surface area contributed by atoms with Crippen molar-refractivity contribution in [3.05, 3.63) is 54.0 Å². The number of hydrogen-bond acceptors (Lipinski definition) is 6. The van der Waals surface area contributed by atoms with Crippen molar-refractivity contribution in [2.24, 2.45) is 28.6 Å². The van der Waals surface area contributed by atoms with Gasteiger partial charge < -0.3 is 19.7 Å². The van der Waals surface area contributed by atoms with Crippen LogP contribution < -0.4 is 0 Å². The second-order valence-electron chi connectivity index (χ2n) is 13.7. The van der Waals surface area contributed by atoms with Gasteiger partial charge >= 0.3 is 5.97 Å². The van der Waals surface area contributed by atoms with E-state index in [9.17, 15) is 19.8 Å². The number of alkyl halides is 1. The first kappa shape index (κ1) is 39.7. The van der Waals surface area contributed by atoms with E-state index in [0.717, 1.165) is 17.6 Å². The molecule has 0 heterocycles. The molecule has 4 aliphatic rings. The molecule has 3 fully saturated rings. The van der Waals surface area contributed by atoms with Crippen molar-refractivity contribution in [1.29, 1.82) is 0 Å². The maximum atomic E-state index is 17.3. The lowest BCUT2D eigenvalue weighted by atomic mass is 9.44. The summed E-state index contributed by atoms with van der Waals surface area (Å²) in [5.41, 5.74) is -1.44. The molecule has 3 saturated carbocycles. The number of ketones is 1. The largest absolute Gasteiger partial charge is 0.490 e. The fraction of sp³-hybridized carbons (Fsp3) is 0.718. The molecule has 0 amide bonds. The van der Waals surface area contributed by atoms with E-state index in [4.69, 9.17) is 9.47 Å². The molecule has 2 N–H and O–H groups in total. The van der Waals surface area contributed by atoms with Crippen molar-refractivity contribution in [2.75, 3.05) is 13.2 Å². The third kappa shape index (κ3) is 7.17. The van der Waals surface area contributed by atoms with Gasteiger partial charge in [0.2, 0.25) is 5.78 Å². The molecule has 8 atom stereocenters. The molecule has 7 heteroatoms. The van der Waals surface area contributed by atoms with E-state index in [1.54, 1.807) is 13.8 Å². The highest BCUT2D eigenvalue weighted by Gasteiger charge is 2.75. The minimum absolute atomic E-state index is 0.0117. The molecule has 0 aliphatic heterocycles. The van der Waals surface area contributed by atoms with Crippen molar-refractivity contribution in [3.63, 3.8) is 0 Å². The van der Waals surface area contributed by atoms with Crippen LogP contribution in [0, 0.1) is 28.6 Å². The number of carbonyl (C=O) groups excluding carboxylic acids is 2. The Morgan fingerprint density at radius 3 is 2.30 bits per heavy atom. The molecule has 260 valence electrons. The number of aliphatic hydroxyl groups excluding tert-OH is 1. The van der Waals surface area contributed by atoms with Gasteiger partial charge in [0, 0.05) is 23.2 Å². The van der Waals surface area contributed by atoms with Crippen LogP contribution in [0.1, 0.15) is 120 Å². The molecule has 0 unspecified atom stereocenters. The quantitative estimate of drug-likeness (QED) is 0.133. The van der Waals surface area contributed by atoms with Crippen molar-refractivity contribution in [2.45, 2.75) is 137 Å². The lowest BCUT2D eigenvalue weighted by Gasteiger charge is -2.62. The summed E-state index contributed by atoms with van der Waals surface area (Å²) in [6.45, 7) is 23.3. The molecule has 4 aliphatic carbocycles. The molecule has 6 nitrogen and oxygen atoms in total. The van der Waals surface area contributed by atoms with Crippen molar-refractivity contribution < 1.29 is 33.7 Å². The first-order valence-electron chi connectivity index (χ1n) is 17.6. The van der Waals surface area contributed by atoms with Crippen LogP contribution in [0.5, 0.6) is 0 Å². The predicted molar refractivity (Wildman–Crippen MR) is 183 cm³/mol. The van der Waals surface area contributed by atoms with Crippen LogP contribution in [0.15, 0.2) is 54.0 Å². The van der Waals surface area contributed by atoms with Gasteiger partial charge in [0.05, 0.1) is 19.1 Å². The molecule has 0 radical (unpaired) electrons. The number of Topliss-reactive ketones (excluding diaryl/α,β-unsaturated/α-hetero) is 1. The van der Waals surface area contributed by atoms with Gasteiger partial charge in [-0.2, -0.15) is 0 Å². The van der Waals surface area contributed by atoms with E-state index >= 15 is 4.39 Å². The Labute approximate surface area is 277 Å². The molecule has 46 heavy (non-hydrogen) atoms. The normalized spacial score (nSPS) is 35.4. The van der Waals surface area contributed by atoms with Gasteiger partial charge in [-0.3, -0.25) is 9.59 Å². The molecule has 0 spiro atoms. The fourth-order valence-electron chi connectivity index (χ4n) is 8.55. The summed E-state index contributed by atoms with van der Waals surface area (Å²) in [7, 11) is 0. The van der Waals surface area contributed by atoms with E-state index in [2.05, 4.69) is 32.7 Å². The summed E-state index contributed by atoms with van der Waals surface area (Å²) in [5.74, 6) is -2.09. The topological polar surface area (TPSA) is 93.1 Å². The van der Waals surface area contributed by atoms with Crippen molar-refractivity contribution in [3.8, 4) is 0 Å². The zero-order valence-electron chi connectivity index (χ0n) is 29.8. The molecular weight excluding hydrogens is 583 g/mol. The predicted octanol–water partition coefficient (Wildman–Crippen LogP) is 8.53. The van der Waals surface area contributed by atoms with Gasteiger partial charge in [-0.1, -0.05) is 110 Å². The minimum atomic E-state index is -1.94. The molecule has 0 bridgehead atoms. The van der Waals surface area contributed by atoms with Crippen molar-refractivity contribution in [1.82, 2.24) is 0 Å². The third-order valence-electron chi connectivity index (χ3n) is 11.0. The summed E-state index contributed by atoms with van der Waals surface area (Å²) < 4.78 is 28.1. The van der Waals surface area contributed by atoms with Gasteiger partial charge in [-0.15, -0.1) is 0 Å². The highest BCUT2D eigenvalue weighted by Crippen LogP contribution is 2.70. The number of allylic oxidation sites excluding steroid dienone is 6. The maximum absolute atomic E-state index is 17.3. The van der Waals surface area contributed by atoms with Crippen LogP contribution in [-0.4, -0.2) is 52.6 Å². The summed E-state index contributed by atoms with van der Waals surface area (Å²) in [5, 5.41) is 23.5. The molecule has 0 aromatic rings. The third-order valence-corrected chi connectivity index (χ3v) is 11.0. The Morgan fingerprint density at radius 2 is 1.74 bits per heavy atom. The minimum Gasteiger partial charge on any atom is -0.490 e. The van der Waals surface area contributed by atoms with Crippen molar-refractivity contribution >= 4 is 11.8 Å². The standard InChI is InChI=1S/C32H43FO6.C5H12.C2H6/c1-7-15-38-23(8-2)10-12-28(36)39-19-27(35)32(37)21(4)17-25-24-11-9-22-16-20(3)13-14-29(22,5)31(24,33)26(34)18-30(25,32)6;1-3-5-4-2;1-2/h13-14,16,21,24-26,34,37H,2-3,7,9-12,15,17-19H2,1,4-6H3;3-5H2,1-2H3;1-2H3/t21-,24+,25+,26+,29+,30+,31+,32+;;/m1../s1. The van der Waals surface area contributed by atoms with Crippen LogP contribution in [0.25, 0.3) is 0 Å². The Hall–Kier alpha value is -2.47. The Kier molecular flexibility index (Phi) is 14.3. The fourth-order valence-corrected chi connectivity index (χ4v) is 8.55. The van der Waals surface area contributed by atoms with E-state index in [0.29, 0.717) is 31.6 Å². The zero-order valence-corrected chi connectivity index (χ0v) is 29.8. The highest BCUT2D eigenvalue weighted by molar-refractivity contribution is 5.91. The number of carbonyl (C=O) groups is 2. The van der Waals surface area contributed by atoms with Crippen LogP contribution in [0.4, 0.5) is 4.39 Å². The number of ether oxygens (including phenoxy) is 2. The average Bonchev–Trinajstić information content (AvgIpc) is 3.24. The Morgan fingerprint density at radius 1 is 1.09 bits per heavy atom. The van der Waals surface area contributed by atoms with Crippen LogP contribution in [-0.2, 0) is 19.1 Å². The summed E-state index contributed by atoms with van der Waals surface area (Å²) in [6.07, 6.45) is 10.9. The summed E-state index contributed by atoms with van der Waals surface area (Å²) >= 11 is 0.